The number of unbranched alkanes of at least 4 members (excludes halogenated alkanes) is 22. The largest absolute Gasteiger partial charge is 0.394 e. The smallest absolute Gasteiger partial charge is 0.220 e. The third kappa shape index (κ3) is 38.7. The van der Waals surface area contributed by atoms with E-state index >= 15 is 0 Å². The number of carbonyl (C=O) groups excluding carboxylic acids is 1. The Kier molecular flexibility index (Phi) is 52.1. The molecule has 0 spiro atoms. The lowest BCUT2D eigenvalue weighted by Gasteiger charge is -2.48. The predicted octanol–water partition coefficient (Wildman–Crippen LogP) is 11.2. The summed E-state index contributed by atoms with van der Waals surface area (Å²) in [7, 11) is 0. The van der Waals surface area contributed by atoms with E-state index in [1.807, 2.05) is 6.08 Å². The van der Waals surface area contributed by atoms with Crippen LogP contribution in [-0.2, 0) is 33.2 Å². The number of rotatable bonds is 56. The zero-order chi connectivity index (χ0) is 70.4. The molecule has 3 heterocycles. The first-order valence-corrected chi connectivity index (χ1v) is 37.3. The normalized spacial score (nSPS) is 27.6. The summed E-state index contributed by atoms with van der Waals surface area (Å²) in [5.41, 5.74) is 0. The molecule has 17 unspecified atom stereocenters. The Hall–Kier alpha value is -3.81. The first-order chi connectivity index (χ1) is 47.3. The van der Waals surface area contributed by atoms with E-state index in [9.17, 15) is 61.0 Å². The molecule has 19 heteroatoms. The lowest BCUT2D eigenvalue weighted by atomic mass is 9.96. The monoisotopic (exact) mass is 1370 g/mol. The van der Waals surface area contributed by atoms with E-state index in [1.54, 1.807) is 6.08 Å². The summed E-state index contributed by atoms with van der Waals surface area (Å²) in [6.45, 7) is 1.56. The molecule has 17 atom stereocenters. The van der Waals surface area contributed by atoms with Crippen molar-refractivity contribution in [3.8, 4) is 0 Å². The van der Waals surface area contributed by atoms with Crippen LogP contribution < -0.4 is 5.32 Å². The molecular formula is C78H131NO18. The van der Waals surface area contributed by atoms with E-state index in [0.29, 0.717) is 12.8 Å². The van der Waals surface area contributed by atoms with Gasteiger partial charge in [-0.3, -0.25) is 4.79 Å². The lowest BCUT2D eigenvalue weighted by Crippen LogP contribution is -2.66. The Labute approximate surface area is 582 Å². The van der Waals surface area contributed by atoms with Crippen LogP contribution in [0.15, 0.2) is 122 Å². The predicted molar refractivity (Wildman–Crippen MR) is 383 cm³/mol. The molecule has 3 fully saturated rings. The van der Waals surface area contributed by atoms with Crippen LogP contribution in [0.1, 0.15) is 232 Å². The summed E-state index contributed by atoms with van der Waals surface area (Å²) < 4.78 is 34.3. The number of aliphatic hydroxyl groups excluding tert-OH is 11. The van der Waals surface area contributed by atoms with Crippen molar-refractivity contribution in [2.45, 2.75) is 336 Å². The molecule has 0 bridgehead atoms. The highest BCUT2D eigenvalue weighted by atomic mass is 16.8. The second-order valence-electron chi connectivity index (χ2n) is 26.0. The van der Waals surface area contributed by atoms with Gasteiger partial charge in [-0.15, -0.1) is 0 Å². The zero-order valence-corrected chi connectivity index (χ0v) is 59.0. The Morgan fingerprint density at radius 1 is 0.381 bits per heavy atom. The summed E-state index contributed by atoms with van der Waals surface area (Å²) in [6.07, 6.45) is 53.3. The Bertz CT molecular complexity index is 2230. The van der Waals surface area contributed by atoms with Crippen LogP contribution in [0, 0.1) is 0 Å². The maximum atomic E-state index is 13.4. The number of aliphatic hydroxyl groups is 11. The van der Waals surface area contributed by atoms with Gasteiger partial charge in [0.2, 0.25) is 5.91 Å². The molecule has 0 aromatic heterocycles. The summed E-state index contributed by atoms with van der Waals surface area (Å²) in [5.74, 6) is -0.294. The molecule has 12 N–H and O–H groups in total. The van der Waals surface area contributed by atoms with Crippen molar-refractivity contribution in [1.82, 2.24) is 5.32 Å². The van der Waals surface area contributed by atoms with Gasteiger partial charge in [0.05, 0.1) is 38.6 Å². The summed E-state index contributed by atoms with van der Waals surface area (Å²) in [5, 5.41) is 121. The van der Waals surface area contributed by atoms with Gasteiger partial charge in [0.15, 0.2) is 18.9 Å². The number of ether oxygens (including phenoxy) is 6. The molecule has 3 rings (SSSR count). The van der Waals surface area contributed by atoms with Crippen LogP contribution in [0.25, 0.3) is 0 Å². The van der Waals surface area contributed by atoms with Gasteiger partial charge < -0.3 is 89.9 Å². The summed E-state index contributed by atoms with van der Waals surface area (Å²) in [4.78, 5) is 13.4. The minimum absolute atomic E-state index is 0.225. The molecule has 0 radical (unpaired) electrons. The fraction of sp³-hybridized carbons (Fsp3) is 0.731. The third-order valence-corrected chi connectivity index (χ3v) is 17.7. The number of hydrogen-bond donors (Lipinski definition) is 12. The van der Waals surface area contributed by atoms with Gasteiger partial charge >= 0.3 is 0 Å². The van der Waals surface area contributed by atoms with Gasteiger partial charge in [0.1, 0.15) is 73.2 Å². The highest BCUT2D eigenvalue weighted by molar-refractivity contribution is 5.76. The Morgan fingerprint density at radius 2 is 0.722 bits per heavy atom. The molecular weight excluding hydrogens is 1240 g/mol. The molecule has 1 amide bonds. The van der Waals surface area contributed by atoms with Gasteiger partial charge in [0, 0.05) is 6.42 Å². The molecule has 0 aromatic carbocycles. The van der Waals surface area contributed by atoms with E-state index in [4.69, 9.17) is 28.4 Å². The van der Waals surface area contributed by atoms with E-state index in [1.165, 1.54) is 96.3 Å². The highest BCUT2D eigenvalue weighted by Crippen LogP contribution is 2.33. The van der Waals surface area contributed by atoms with Crippen molar-refractivity contribution in [3.63, 3.8) is 0 Å². The SMILES string of the molecule is CC/C=C\C/C=C\C/C=C\C/C=C\C/C=C\C/C=C\C/C=C\CCCCCCCCCCCCCCCCCC(=O)NC(COC1OC(CO)C(OC2OC(CO)C(OC3OC(CO)C(O)C(O)C3O)C(O)C2O)C(O)C1O)C(O)/C=C/CC/C=C/CC/C=C/CCCCCCC. The van der Waals surface area contributed by atoms with Crippen LogP contribution in [0.4, 0.5) is 0 Å². The lowest BCUT2D eigenvalue weighted by molar-refractivity contribution is -0.379. The van der Waals surface area contributed by atoms with Gasteiger partial charge in [0.25, 0.3) is 0 Å². The molecule has 0 saturated carbocycles. The van der Waals surface area contributed by atoms with Gasteiger partial charge in [-0.2, -0.15) is 0 Å². The maximum Gasteiger partial charge on any atom is 0.220 e. The highest BCUT2D eigenvalue weighted by Gasteiger charge is 2.53. The Balaban J connectivity index is 1.35. The van der Waals surface area contributed by atoms with Crippen LogP contribution >= 0.6 is 0 Å². The Morgan fingerprint density at radius 3 is 1.15 bits per heavy atom. The molecule has 3 saturated heterocycles. The first-order valence-electron chi connectivity index (χ1n) is 37.3. The standard InChI is InChI=1S/C78H131NO18/c1-3-5-7-9-11-13-15-17-19-20-21-22-23-24-25-26-27-28-29-30-31-32-33-34-35-36-37-38-39-40-42-44-46-48-50-52-54-56-66(84)79-61(62(83)55-53-51-49-47-45-43-41-18-16-14-12-10-8-6-4-2)60-92-76-72(90)69(87)74(64(58-81)94-76)97-78-73(91)70(88)75(65(59-82)95-78)96-77-71(89)68(86)67(85)63(57-80)93-77/h5,7,11,13,16-19,21-22,24-25,27-28,30-31,45,47,53,55,61-65,67-78,80-83,85-91H,3-4,6,8-10,12,14-15,20,23,26,29,32-44,46,48-52,54,56-60H2,1-2H3,(H,79,84)/b7-5-,13-11-,18-16+,19-17-,22-21-,25-24-,28-27-,31-30-,47-45+,55-53+. The molecule has 556 valence electrons. The second kappa shape index (κ2) is 57.8. The second-order valence-corrected chi connectivity index (χ2v) is 26.0. The summed E-state index contributed by atoms with van der Waals surface area (Å²) >= 11 is 0. The molecule has 97 heavy (non-hydrogen) atoms. The van der Waals surface area contributed by atoms with Crippen LogP contribution in [0.3, 0.4) is 0 Å². The fourth-order valence-corrected chi connectivity index (χ4v) is 11.7. The van der Waals surface area contributed by atoms with Crippen molar-refractivity contribution in [1.29, 1.82) is 0 Å². The first kappa shape index (κ1) is 87.4. The van der Waals surface area contributed by atoms with Crippen molar-refractivity contribution >= 4 is 5.91 Å². The molecule has 3 aliphatic heterocycles. The number of allylic oxidation sites excluding steroid dienone is 19. The van der Waals surface area contributed by atoms with Crippen molar-refractivity contribution < 1.29 is 89.4 Å². The summed E-state index contributed by atoms with van der Waals surface area (Å²) in [6, 6.07) is -1.00. The molecule has 19 nitrogen and oxygen atoms in total. The number of hydrogen-bond acceptors (Lipinski definition) is 18. The average molecular weight is 1370 g/mol. The maximum absolute atomic E-state index is 13.4. The average Bonchev–Trinajstić information content (AvgIpc) is 0.789. The van der Waals surface area contributed by atoms with Gasteiger partial charge in [-0.05, 0) is 103 Å². The van der Waals surface area contributed by atoms with Gasteiger partial charge in [-0.1, -0.05) is 245 Å². The minimum atomic E-state index is -1.99. The van der Waals surface area contributed by atoms with E-state index in [2.05, 4.69) is 129 Å². The van der Waals surface area contributed by atoms with Crippen molar-refractivity contribution in [2.24, 2.45) is 0 Å². The molecule has 0 aromatic rings. The fourth-order valence-electron chi connectivity index (χ4n) is 11.7. The van der Waals surface area contributed by atoms with Crippen molar-refractivity contribution in [3.05, 3.63) is 122 Å². The van der Waals surface area contributed by atoms with Crippen LogP contribution in [0.5, 0.6) is 0 Å². The quantitative estimate of drug-likeness (QED) is 0.0199. The van der Waals surface area contributed by atoms with Crippen LogP contribution in [0.2, 0.25) is 0 Å². The third-order valence-electron chi connectivity index (χ3n) is 17.7. The zero-order valence-electron chi connectivity index (χ0n) is 59.0. The number of nitrogens with one attached hydrogen (secondary N) is 1. The number of carbonyl (C=O) groups is 1. The van der Waals surface area contributed by atoms with E-state index < -0.39 is 124 Å². The minimum Gasteiger partial charge on any atom is -0.394 e. The number of amides is 1. The van der Waals surface area contributed by atoms with E-state index in [0.717, 1.165) is 103 Å². The van der Waals surface area contributed by atoms with Crippen LogP contribution in [-0.4, -0.2) is 193 Å². The topological polar surface area (TPSA) is 307 Å². The molecule has 3 aliphatic rings. The van der Waals surface area contributed by atoms with E-state index in [-0.39, 0.29) is 18.9 Å². The van der Waals surface area contributed by atoms with Crippen molar-refractivity contribution in [2.75, 3.05) is 26.4 Å². The molecule has 0 aliphatic carbocycles. The van der Waals surface area contributed by atoms with Gasteiger partial charge in [-0.25, -0.2) is 0 Å².